The first-order chi connectivity index (χ1) is 7.15. The van der Waals surface area contributed by atoms with E-state index in [1.165, 1.54) is 19.3 Å². The van der Waals surface area contributed by atoms with E-state index in [0.717, 1.165) is 19.4 Å². The van der Waals surface area contributed by atoms with Gasteiger partial charge in [0.05, 0.1) is 6.10 Å². The van der Waals surface area contributed by atoms with E-state index >= 15 is 0 Å². The maximum absolute atomic E-state index is 9.92. The zero-order valence-electron chi connectivity index (χ0n) is 10.9. The molecular formula is C13H29NO. The van der Waals surface area contributed by atoms with Crippen molar-refractivity contribution in [3.63, 3.8) is 0 Å². The topological polar surface area (TPSA) is 32.3 Å². The van der Waals surface area contributed by atoms with Gasteiger partial charge in [-0.15, -0.1) is 0 Å². The predicted octanol–water partition coefficient (Wildman–Crippen LogP) is 2.95. The van der Waals surface area contributed by atoms with Gasteiger partial charge in [-0.05, 0) is 19.3 Å². The van der Waals surface area contributed by atoms with Crippen LogP contribution in [0.4, 0.5) is 0 Å². The van der Waals surface area contributed by atoms with Gasteiger partial charge in [0.1, 0.15) is 0 Å². The molecular weight excluding hydrogens is 186 g/mol. The van der Waals surface area contributed by atoms with E-state index in [2.05, 4.69) is 33.0 Å². The van der Waals surface area contributed by atoms with Gasteiger partial charge >= 0.3 is 0 Å². The van der Waals surface area contributed by atoms with Crippen LogP contribution < -0.4 is 5.32 Å². The summed E-state index contributed by atoms with van der Waals surface area (Å²) in [6, 6.07) is 0.536. The maximum atomic E-state index is 9.92. The summed E-state index contributed by atoms with van der Waals surface area (Å²) < 4.78 is 0. The maximum Gasteiger partial charge on any atom is 0.0692 e. The predicted molar refractivity (Wildman–Crippen MR) is 67.1 cm³/mol. The van der Waals surface area contributed by atoms with E-state index in [1.807, 2.05) is 0 Å². The van der Waals surface area contributed by atoms with Gasteiger partial charge in [0.15, 0.2) is 0 Å². The Hall–Kier alpha value is -0.0800. The Bertz CT molecular complexity index is 134. The highest BCUT2D eigenvalue weighted by atomic mass is 16.3. The average molecular weight is 215 g/mol. The van der Waals surface area contributed by atoms with Gasteiger partial charge in [-0.2, -0.15) is 0 Å². The lowest BCUT2D eigenvalue weighted by Crippen LogP contribution is -2.37. The average Bonchev–Trinajstić information content (AvgIpc) is 2.25. The van der Waals surface area contributed by atoms with Crippen molar-refractivity contribution in [2.75, 3.05) is 6.54 Å². The van der Waals surface area contributed by atoms with Crippen LogP contribution in [0.3, 0.4) is 0 Å². The van der Waals surface area contributed by atoms with Crippen molar-refractivity contribution in [3.05, 3.63) is 0 Å². The fourth-order valence-corrected chi connectivity index (χ4v) is 1.93. The van der Waals surface area contributed by atoms with Crippen molar-refractivity contribution < 1.29 is 5.11 Å². The van der Waals surface area contributed by atoms with E-state index in [4.69, 9.17) is 0 Å². The third kappa shape index (κ3) is 6.91. The zero-order chi connectivity index (χ0) is 11.7. The van der Waals surface area contributed by atoms with E-state index in [1.54, 1.807) is 0 Å². The van der Waals surface area contributed by atoms with Crippen molar-refractivity contribution in [2.24, 2.45) is 5.92 Å². The zero-order valence-corrected chi connectivity index (χ0v) is 10.9. The molecule has 0 aromatic carbocycles. The first-order valence-electron chi connectivity index (χ1n) is 6.57. The molecule has 0 rings (SSSR count). The minimum atomic E-state index is -0.177. The Morgan fingerprint density at radius 3 is 2.20 bits per heavy atom. The van der Waals surface area contributed by atoms with Crippen molar-refractivity contribution in [3.8, 4) is 0 Å². The first kappa shape index (κ1) is 14.9. The molecule has 15 heavy (non-hydrogen) atoms. The minimum absolute atomic E-state index is 0.177. The highest BCUT2D eigenvalue weighted by molar-refractivity contribution is 4.71. The standard InChI is InChI=1S/C13H29NO/c1-5-8-9-11(4)14-10-13(15)12(6-2)7-3/h11-15H,5-10H2,1-4H3. The molecule has 0 aliphatic rings. The fourth-order valence-electron chi connectivity index (χ4n) is 1.93. The second kappa shape index (κ2) is 9.17. The molecule has 0 aliphatic heterocycles. The molecule has 0 aromatic rings. The number of aliphatic hydroxyl groups excluding tert-OH is 1. The van der Waals surface area contributed by atoms with Crippen molar-refractivity contribution in [1.82, 2.24) is 5.32 Å². The summed E-state index contributed by atoms with van der Waals surface area (Å²) in [5, 5.41) is 13.3. The lowest BCUT2D eigenvalue weighted by Gasteiger charge is -2.22. The molecule has 0 bridgehead atoms. The van der Waals surface area contributed by atoms with Crippen LogP contribution >= 0.6 is 0 Å². The summed E-state index contributed by atoms with van der Waals surface area (Å²) in [6.07, 6.45) is 5.71. The highest BCUT2D eigenvalue weighted by Crippen LogP contribution is 2.12. The fraction of sp³-hybridized carbons (Fsp3) is 1.00. The molecule has 0 spiro atoms. The van der Waals surface area contributed by atoms with Crippen LogP contribution in [0.1, 0.15) is 59.8 Å². The molecule has 92 valence electrons. The lowest BCUT2D eigenvalue weighted by atomic mass is 9.96. The van der Waals surface area contributed by atoms with Crippen molar-refractivity contribution in [1.29, 1.82) is 0 Å². The lowest BCUT2D eigenvalue weighted by molar-refractivity contribution is 0.0984. The van der Waals surface area contributed by atoms with Gasteiger partial charge in [-0.3, -0.25) is 0 Å². The number of aliphatic hydroxyl groups is 1. The molecule has 0 saturated carbocycles. The Kier molecular flexibility index (Phi) is 9.12. The second-order valence-electron chi connectivity index (χ2n) is 4.60. The normalized spacial score (nSPS) is 15.6. The Labute approximate surface area is 95.5 Å². The number of unbranched alkanes of at least 4 members (excludes halogenated alkanes) is 1. The first-order valence-corrected chi connectivity index (χ1v) is 6.57. The van der Waals surface area contributed by atoms with Gasteiger partial charge in [0.25, 0.3) is 0 Å². The molecule has 2 nitrogen and oxygen atoms in total. The monoisotopic (exact) mass is 215 g/mol. The van der Waals surface area contributed by atoms with Gasteiger partial charge in [0, 0.05) is 12.6 Å². The molecule has 2 unspecified atom stereocenters. The molecule has 2 atom stereocenters. The molecule has 0 aliphatic carbocycles. The van der Waals surface area contributed by atoms with E-state index in [-0.39, 0.29) is 6.10 Å². The number of rotatable bonds is 9. The molecule has 0 radical (unpaired) electrons. The summed E-state index contributed by atoms with van der Waals surface area (Å²) >= 11 is 0. The highest BCUT2D eigenvalue weighted by Gasteiger charge is 2.15. The van der Waals surface area contributed by atoms with Crippen LogP contribution in [-0.2, 0) is 0 Å². The van der Waals surface area contributed by atoms with E-state index in [9.17, 15) is 5.11 Å². The number of nitrogens with one attached hydrogen (secondary N) is 1. The van der Waals surface area contributed by atoms with Crippen molar-refractivity contribution in [2.45, 2.75) is 71.9 Å². The molecule has 0 heterocycles. The number of hydrogen-bond acceptors (Lipinski definition) is 2. The molecule has 2 heteroatoms. The SMILES string of the molecule is CCCCC(C)NCC(O)C(CC)CC. The number of hydrogen-bond donors (Lipinski definition) is 2. The quantitative estimate of drug-likeness (QED) is 0.620. The van der Waals surface area contributed by atoms with E-state index in [0.29, 0.717) is 12.0 Å². The Balaban J connectivity index is 3.63. The second-order valence-corrected chi connectivity index (χ2v) is 4.60. The largest absolute Gasteiger partial charge is 0.392 e. The summed E-state index contributed by atoms with van der Waals surface area (Å²) in [5.41, 5.74) is 0. The van der Waals surface area contributed by atoms with Crippen LogP contribution in [0.5, 0.6) is 0 Å². The van der Waals surface area contributed by atoms with Crippen LogP contribution in [0.2, 0.25) is 0 Å². The van der Waals surface area contributed by atoms with Crippen LogP contribution in [0.15, 0.2) is 0 Å². The Morgan fingerprint density at radius 1 is 1.13 bits per heavy atom. The molecule has 0 amide bonds. The van der Waals surface area contributed by atoms with Crippen LogP contribution in [0, 0.1) is 5.92 Å². The summed E-state index contributed by atoms with van der Waals surface area (Å²) in [6.45, 7) is 9.47. The minimum Gasteiger partial charge on any atom is -0.392 e. The van der Waals surface area contributed by atoms with E-state index < -0.39 is 0 Å². The molecule has 0 saturated heterocycles. The third-order valence-electron chi connectivity index (χ3n) is 3.26. The van der Waals surface area contributed by atoms with Crippen LogP contribution in [-0.4, -0.2) is 23.8 Å². The third-order valence-corrected chi connectivity index (χ3v) is 3.26. The van der Waals surface area contributed by atoms with Gasteiger partial charge in [-0.25, -0.2) is 0 Å². The smallest absolute Gasteiger partial charge is 0.0692 e. The molecule has 2 N–H and O–H groups in total. The molecule has 0 aromatic heterocycles. The Morgan fingerprint density at radius 2 is 1.73 bits per heavy atom. The van der Waals surface area contributed by atoms with Gasteiger partial charge < -0.3 is 10.4 Å². The summed E-state index contributed by atoms with van der Waals surface area (Å²) in [7, 11) is 0. The van der Waals surface area contributed by atoms with Gasteiger partial charge in [-0.1, -0.05) is 46.5 Å². The molecule has 0 fully saturated rings. The van der Waals surface area contributed by atoms with Crippen molar-refractivity contribution >= 4 is 0 Å². The van der Waals surface area contributed by atoms with Crippen LogP contribution in [0.25, 0.3) is 0 Å². The summed E-state index contributed by atoms with van der Waals surface area (Å²) in [5.74, 6) is 0.455. The van der Waals surface area contributed by atoms with Gasteiger partial charge in [0.2, 0.25) is 0 Å². The summed E-state index contributed by atoms with van der Waals surface area (Å²) in [4.78, 5) is 0.